The maximum absolute atomic E-state index is 12.4. The van der Waals surface area contributed by atoms with Gasteiger partial charge in [0, 0.05) is 24.0 Å². The number of amides is 1. The third-order valence-corrected chi connectivity index (χ3v) is 5.72. The molecule has 0 bridgehead atoms. The zero-order valence-electron chi connectivity index (χ0n) is 16.1. The molecule has 0 unspecified atom stereocenters. The molecule has 3 rings (SSSR count). The van der Waals surface area contributed by atoms with Gasteiger partial charge in [-0.2, -0.15) is 0 Å². The second kappa shape index (κ2) is 9.91. The molecule has 144 valence electrons. The highest BCUT2D eigenvalue weighted by molar-refractivity contribution is 6.30. The molecule has 0 aliphatic carbocycles. The van der Waals surface area contributed by atoms with Crippen LogP contribution in [0.4, 0.5) is 0 Å². The highest BCUT2D eigenvalue weighted by Crippen LogP contribution is 2.20. The van der Waals surface area contributed by atoms with Crippen LogP contribution < -0.4 is 5.32 Å². The summed E-state index contributed by atoms with van der Waals surface area (Å²) in [6.45, 7) is 5.89. The molecule has 0 radical (unpaired) electrons. The van der Waals surface area contributed by atoms with Gasteiger partial charge >= 0.3 is 0 Å². The molecule has 4 heteroatoms. The van der Waals surface area contributed by atoms with Crippen molar-refractivity contribution in [3.63, 3.8) is 0 Å². The van der Waals surface area contributed by atoms with Gasteiger partial charge in [0.1, 0.15) is 0 Å². The van der Waals surface area contributed by atoms with Crippen LogP contribution in [0.3, 0.4) is 0 Å². The Morgan fingerprint density at radius 1 is 1.11 bits per heavy atom. The summed E-state index contributed by atoms with van der Waals surface area (Å²) >= 11 is 5.90. The fraction of sp³-hybridized carbons (Fsp3) is 0.435. The Hall–Kier alpha value is -1.84. The van der Waals surface area contributed by atoms with Crippen molar-refractivity contribution < 1.29 is 4.79 Å². The molecular formula is C23H29ClN2O. The Labute approximate surface area is 167 Å². The Kier molecular flexibility index (Phi) is 7.31. The first-order chi connectivity index (χ1) is 13.1. The van der Waals surface area contributed by atoms with E-state index in [9.17, 15) is 4.79 Å². The van der Waals surface area contributed by atoms with Crippen LogP contribution in [0.2, 0.25) is 5.02 Å². The van der Waals surface area contributed by atoms with E-state index in [1.807, 2.05) is 24.3 Å². The number of piperidine rings is 1. The minimum absolute atomic E-state index is 0.161. The van der Waals surface area contributed by atoms with Crippen LogP contribution in [0.15, 0.2) is 48.5 Å². The van der Waals surface area contributed by atoms with E-state index in [-0.39, 0.29) is 11.8 Å². The number of benzene rings is 2. The summed E-state index contributed by atoms with van der Waals surface area (Å²) in [6.07, 6.45) is 3.83. The molecule has 1 saturated heterocycles. The first kappa shape index (κ1) is 19.9. The summed E-state index contributed by atoms with van der Waals surface area (Å²) in [5.41, 5.74) is 4.00. The van der Waals surface area contributed by atoms with Crippen LogP contribution in [0.5, 0.6) is 0 Å². The van der Waals surface area contributed by atoms with Gasteiger partial charge in [-0.25, -0.2) is 0 Å². The van der Waals surface area contributed by atoms with Crippen molar-refractivity contribution in [1.29, 1.82) is 0 Å². The summed E-state index contributed by atoms with van der Waals surface area (Å²) < 4.78 is 0. The van der Waals surface area contributed by atoms with Gasteiger partial charge in [0.2, 0.25) is 5.91 Å². The monoisotopic (exact) mass is 384 g/mol. The number of nitrogens with zero attached hydrogens (tertiary/aromatic N) is 1. The largest absolute Gasteiger partial charge is 0.356 e. The number of carbonyl (C=O) groups is 1. The predicted molar refractivity (Wildman–Crippen MR) is 112 cm³/mol. The van der Waals surface area contributed by atoms with E-state index < -0.39 is 0 Å². The summed E-state index contributed by atoms with van der Waals surface area (Å²) in [5, 5.41) is 3.89. The third-order valence-electron chi connectivity index (χ3n) is 5.47. The maximum Gasteiger partial charge on any atom is 0.223 e. The third kappa shape index (κ3) is 6.08. The first-order valence-corrected chi connectivity index (χ1v) is 10.3. The van der Waals surface area contributed by atoms with E-state index in [1.165, 1.54) is 16.7 Å². The average Bonchev–Trinajstić information content (AvgIpc) is 2.69. The number of hydrogen-bond donors (Lipinski definition) is 1. The van der Waals surface area contributed by atoms with E-state index in [0.29, 0.717) is 0 Å². The number of rotatable bonds is 7. The number of aryl methyl sites for hydroxylation is 2. The highest BCUT2D eigenvalue weighted by atomic mass is 35.5. The number of hydrogen-bond acceptors (Lipinski definition) is 2. The zero-order chi connectivity index (χ0) is 19.1. The number of likely N-dealkylation sites (tertiary alicyclic amines) is 1. The Morgan fingerprint density at radius 2 is 1.81 bits per heavy atom. The van der Waals surface area contributed by atoms with E-state index in [4.69, 9.17) is 11.6 Å². The van der Waals surface area contributed by atoms with Gasteiger partial charge in [-0.15, -0.1) is 0 Å². The number of nitrogens with one attached hydrogen (secondary N) is 1. The maximum atomic E-state index is 12.4. The van der Waals surface area contributed by atoms with E-state index >= 15 is 0 Å². The molecule has 2 aromatic rings. The Balaban J connectivity index is 1.34. The van der Waals surface area contributed by atoms with Crippen molar-refractivity contribution >= 4 is 17.5 Å². The van der Waals surface area contributed by atoms with Crippen LogP contribution in [0.1, 0.15) is 36.0 Å². The van der Waals surface area contributed by atoms with Crippen molar-refractivity contribution in [3.8, 4) is 0 Å². The standard InChI is InChI=1S/C23H29ClN2O/c1-18-5-2-3-7-21(18)17-26-15-12-20(13-16-26)23(27)25-14-4-6-19-8-10-22(24)11-9-19/h2-3,5,7-11,20H,4,6,12-17H2,1H3,(H,25,27). The normalized spacial score (nSPS) is 15.6. The molecule has 3 nitrogen and oxygen atoms in total. The fourth-order valence-electron chi connectivity index (χ4n) is 3.68. The summed E-state index contributed by atoms with van der Waals surface area (Å²) in [7, 11) is 0. The smallest absolute Gasteiger partial charge is 0.223 e. The van der Waals surface area contributed by atoms with E-state index in [1.54, 1.807) is 0 Å². The number of carbonyl (C=O) groups excluding carboxylic acids is 1. The van der Waals surface area contributed by atoms with Gasteiger partial charge in [0.25, 0.3) is 0 Å². The Bertz CT molecular complexity index is 736. The van der Waals surface area contributed by atoms with E-state index in [2.05, 4.69) is 41.4 Å². The van der Waals surface area contributed by atoms with Crippen LogP contribution >= 0.6 is 11.6 Å². The van der Waals surface area contributed by atoms with Gasteiger partial charge in [-0.1, -0.05) is 48.0 Å². The molecule has 1 aliphatic heterocycles. The van der Waals surface area contributed by atoms with Gasteiger partial charge in [-0.05, 0) is 74.5 Å². The lowest BCUT2D eigenvalue weighted by atomic mass is 9.95. The van der Waals surface area contributed by atoms with Gasteiger partial charge in [-0.3, -0.25) is 9.69 Å². The molecule has 1 N–H and O–H groups in total. The van der Waals surface area contributed by atoms with Crippen LogP contribution in [0.25, 0.3) is 0 Å². The molecule has 0 spiro atoms. The second-order valence-electron chi connectivity index (χ2n) is 7.50. The molecule has 1 heterocycles. The second-order valence-corrected chi connectivity index (χ2v) is 7.93. The molecule has 0 atom stereocenters. The van der Waals surface area contributed by atoms with Crippen LogP contribution in [-0.4, -0.2) is 30.4 Å². The molecule has 0 aromatic heterocycles. The van der Waals surface area contributed by atoms with Gasteiger partial charge in [0.05, 0.1) is 0 Å². The van der Waals surface area contributed by atoms with Gasteiger partial charge in [0.15, 0.2) is 0 Å². The van der Waals surface area contributed by atoms with E-state index in [0.717, 1.165) is 56.9 Å². The minimum atomic E-state index is 0.161. The van der Waals surface area contributed by atoms with Crippen molar-refractivity contribution in [2.45, 2.75) is 39.2 Å². The lowest BCUT2D eigenvalue weighted by molar-refractivity contribution is -0.126. The van der Waals surface area contributed by atoms with Crippen LogP contribution in [-0.2, 0) is 17.8 Å². The quantitative estimate of drug-likeness (QED) is 0.707. The highest BCUT2D eigenvalue weighted by Gasteiger charge is 2.24. The minimum Gasteiger partial charge on any atom is -0.356 e. The van der Waals surface area contributed by atoms with Crippen LogP contribution in [0, 0.1) is 12.8 Å². The fourth-order valence-corrected chi connectivity index (χ4v) is 3.81. The average molecular weight is 385 g/mol. The molecule has 1 aliphatic rings. The SMILES string of the molecule is Cc1ccccc1CN1CCC(C(=O)NCCCc2ccc(Cl)cc2)CC1. The molecular weight excluding hydrogens is 356 g/mol. The van der Waals surface area contributed by atoms with Crippen molar-refractivity contribution in [1.82, 2.24) is 10.2 Å². The lowest BCUT2D eigenvalue weighted by Gasteiger charge is -2.31. The molecule has 1 fully saturated rings. The first-order valence-electron chi connectivity index (χ1n) is 9.91. The zero-order valence-corrected chi connectivity index (χ0v) is 16.8. The van der Waals surface area contributed by atoms with Gasteiger partial charge < -0.3 is 5.32 Å². The predicted octanol–water partition coefficient (Wildman–Crippen LogP) is 4.61. The Morgan fingerprint density at radius 3 is 2.52 bits per heavy atom. The summed E-state index contributed by atoms with van der Waals surface area (Å²) in [5.74, 6) is 0.385. The summed E-state index contributed by atoms with van der Waals surface area (Å²) in [4.78, 5) is 14.9. The molecule has 0 saturated carbocycles. The van der Waals surface area contributed by atoms with Crippen molar-refractivity contribution in [3.05, 3.63) is 70.2 Å². The molecule has 1 amide bonds. The number of halogens is 1. The van der Waals surface area contributed by atoms with Crippen molar-refractivity contribution in [2.24, 2.45) is 5.92 Å². The lowest BCUT2D eigenvalue weighted by Crippen LogP contribution is -2.40. The van der Waals surface area contributed by atoms with Crippen molar-refractivity contribution in [2.75, 3.05) is 19.6 Å². The molecule has 2 aromatic carbocycles. The topological polar surface area (TPSA) is 32.3 Å². The summed E-state index contributed by atoms with van der Waals surface area (Å²) in [6, 6.07) is 16.5. The molecule has 27 heavy (non-hydrogen) atoms.